The lowest BCUT2D eigenvalue weighted by molar-refractivity contribution is -0.146. The maximum atomic E-state index is 12.9. The Balaban J connectivity index is 1.48. The quantitative estimate of drug-likeness (QED) is 0.737. The van der Waals surface area contributed by atoms with Gasteiger partial charge >= 0.3 is 0 Å². The van der Waals surface area contributed by atoms with Crippen LogP contribution in [0.4, 0.5) is 0 Å². The van der Waals surface area contributed by atoms with Gasteiger partial charge in [0.05, 0.1) is 13.2 Å². The van der Waals surface area contributed by atoms with Crippen LogP contribution >= 0.6 is 0 Å². The SMILES string of the molecule is CC(=O)N1CCC(CN2CCCC(CC(=O)N3CCOCC3)C2=O)CC1. The van der Waals surface area contributed by atoms with Crippen molar-refractivity contribution in [1.82, 2.24) is 14.7 Å². The predicted octanol–water partition coefficient (Wildman–Crippen LogP) is 0.732. The van der Waals surface area contributed by atoms with Gasteiger partial charge in [-0.05, 0) is 31.6 Å². The van der Waals surface area contributed by atoms with E-state index in [1.807, 2.05) is 14.7 Å². The van der Waals surface area contributed by atoms with Crippen molar-refractivity contribution < 1.29 is 19.1 Å². The molecule has 0 aromatic carbocycles. The fourth-order valence-corrected chi connectivity index (χ4v) is 4.29. The molecule has 3 heterocycles. The number of hydrogen-bond acceptors (Lipinski definition) is 4. The van der Waals surface area contributed by atoms with E-state index in [9.17, 15) is 14.4 Å². The second-order valence-electron chi connectivity index (χ2n) is 7.77. The maximum absolute atomic E-state index is 12.9. The molecule has 1 unspecified atom stereocenters. The first-order valence-electron chi connectivity index (χ1n) is 9.94. The van der Waals surface area contributed by atoms with Crippen molar-refractivity contribution in [3.05, 3.63) is 0 Å². The fourth-order valence-electron chi connectivity index (χ4n) is 4.29. The van der Waals surface area contributed by atoms with Gasteiger partial charge in [-0.15, -0.1) is 0 Å². The fraction of sp³-hybridized carbons (Fsp3) is 0.842. The van der Waals surface area contributed by atoms with Crippen molar-refractivity contribution in [3.8, 4) is 0 Å². The van der Waals surface area contributed by atoms with E-state index in [1.165, 1.54) is 0 Å². The number of morpholine rings is 1. The van der Waals surface area contributed by atoms with E-state index in [1.54, 1.807) is 6.92 Å². The minimum atomic E-state index is -0.170. The second kappa shape index (κ2) is 8.84. The Labute approximate surface area is 155 Å². The van der Waals surface area contributed by atoms with Crippen LogP contribution in [0.5, 0.6) is 0 Å². The van der Waals surface area contributed by atoms with E-state index in [-0.39, 0.29) is 23.6 Å². The van der Waals surface area contributed by atoms with Gasteiger partial charge in [0.25, 0.3) is 0 Å². The molecule has 146 valence electrons. The first-order chi connectivity index (χ1) is 12.5. The first kappa shape index (κ1) is 19.1. The molecule has 7 nitrogen and oxygen atoms in total. The van der Waals surface area contributed by atoms with Crippen molar-refractivity contribution in [2.75, 3.05) is 52.5 Å². The number of amides is 3. The minimum absolute atomic E-state index is 0.0864. The van der Waals surface area contributed by atoms with E-state index < -0.39 is 0 Å². The van der Waals surface area contributed by atoms with Crippen LogP contribution in [0.1, 0.15) is 39.0 Å². The number of piperidine rings is 2. The minimum Gasteiger partial charge on any atom is -0.378 e. The zero-order valence-corrected chi connectivity index (χ0v) is 15.8. The molecule has 3 aliphatic rings. The molecule has 0 bridgehead atoms. The molecule has 0 spiro atoms. The highest BCUT2D eigenvalue weighted by Crippen LogP contribution is 2.26. The molecular formula is C19H31N3O4. The summed E-state index contributed by atoms with van der Waals surface area (Å²) in [7, 11) is 0. The summed E-state index contributed by atoms with van der Waals surface area (Å²) >= 11 is 0. The Bertz CT molecular complexity index is 525. The van der Waals surface area contributed by atoms with Gasteiger partial charge in [0.15, 0.2) is 0 Å². The van der Waals surface area contributed by atoms with Crippen LogP contribution in [0.15, 0.2) is 0 Å². The lowest BCUT2D eigenvalue weighted by Gasteiger charge is -2.38. The monoisotopic (exact) mass is 365 g/mol. The summed E-state index contributed by atoms with van der Waals surface area (Å²) in [6.45, 7) is 7.23. The van der Waals surface area contributed by atoms with Gasteiger partial charge in [-0.1, -0.05) is 0 Å². The average molecular weight is 365 g/mol. The molecule has 3 aliphatic heterocycles. The topological polar surface area (TPSA) is 70.2 Å². The van der Waals surface area contributed by atoms with Gasteiger partial charge in [0.1, 0.15) is 0 Å². The van der Waals surface area contributed by atoms with Crippen LogP contribution in [-0.2, 0) is 19.1 Å². The maximum Gasteiger partial charge on any atom is 0.226 e. The average Bonchev–Trinajstić information content (AvgIpc) is 2.66. The summed E-state index contributed by atoms with van der Waals surface area (Å²) in [4.78, 5) is 42.4. The van der Waals surface area contributed by atoms with E-state index in [0.717, 1.165) is 51.9 Å². The lowest BCUT2D eigenvalue weighted by atomic mass is 9.90. The molecule has 0 radical (unpaired) electrons. The molecule has 26 heavy (non-hydrogen) atoms. The molecule has 3 rings (SSSR count). The number of hydrogen-bond donors (Lipinski definition) is 0. The van der Waals surface area contributed by atoms with Gasteiger partial charge in [0, 0.05) is 58.5 Å². The molecule has 3 fully saturated rings. The Morgan fingerprint density at radius 1 is 1.00 bits per heavy atom. The standard InChI is InChI=1S/C19H31N3O4/c1-15(23)20-7-4-16(5-8-20)14-22-6-2-3-17(19(22)25)13-18(24)21-9-11-26-12-10-21/h16-17H,2-14H2,1H3. The van der Waals surface area contributed by atoms with Crippen molar-refractivity contribution in [3.63, 3.8) is 0 Å². The predicted molar refractivity (Wildman–Crippen MR) is 96.3 cm³/mol. The number of likely N-dealkylation sites (tertiary alicyclic amines) is 2. The van der Waals surface area contributed by atoms with E-state index in [0.29, 0.717) is 38.6 Å². The Morgan fingerprint density at radius 3 is 2.35 bits per heavy atom. The molecule has 1 atom stereocenters. The van der Waals surface area contributed by atoms with Crippen LogP contribution in [0.3, 0.4) is 0 Å². The van der Waals surface area contributed by atoms with Crippen molar-refractivity contribution >= 4 is 17.7 Å². The molecule has 0 N–H and O–H groups in total. The summed E-state index contributed by atoms with van der Waals surface area (Å²) in [6.07, 6.45) is 4.03. The molecular weight excluding hydrogens is 334 g/mol. The molecule has 0 aromatic rings. The van der Waals surface area contributed by atoms with Crippen LogP contribution in [0, 0.1) is 11.8 Å². The number of rotatable bonds is 4. The molecule has 3 saturated heterocycles. The molecule has 0 aliphatic carbocycles. The third-order valence-electron chi connectivity index (χ3n) is 5.96. The van der Waals surface area contributed by atoms with Gasteiger partial charge in [-0.3, -0.25) is 14.4 Å². The molecule has 0 aromatic heterocycles. The molecule has 0 saturated carbocycles. The Kier molecular flexibility index (Phi) is 6.51. The van der Waals surface area contributed by atoms with Gasteiger partial charge in [-0.2, -0.15) is 0 Å². The third-order valence-corrected chi connectivity index (χ3v) is 5.96. The van der Waals surface area contributed by atoms with E-state index >= 15 is 0 Å². The summed E-state index contributed by atoms with van der Waals surface area (Å²) in [6, 6.07) is 0. The Hall–Kier alpha value is -1.63. The highest BCUT2D eigenvalue weighted by molar-refractivity contribution is 5.86. The third kappa shape index (κ3) is 4.75. The second-order valence-corrected chi connectivity index (χ2v) is 7.77. The molecule has 3 amide bonds. The summed E-state index contributed by atoms with van der Waals surface area (Å²) < 4.78 is 5.29. The van der Waals surface area contributed by atoms with Gasteiger partial charge in [-0.25, -0.2) is 0 Å². The number of carbonyl (C=O) groups excluding carboxylic acids is 3. The first-order valence-corrected chi connectivity index (χ1v) is 9.94. The number of ether oxygens (including phenoxy) is 1. The van der Waals surface area contributed by atoms with Crippen LogP contribution < -0.4 is 0 Å². The summed E-state index contributed by atoms with van der Waals surface area (Å²) in [5.74, 6) is 0.661. The van der Waals surface area contributed by atoms with Crippen molar-refractivity contribution in [2.45, 2.75) is 39.0 Å². The van der Waals surface area contributed by atoms with Crippen LogP contribution in [0.25, 0.3) is 0 Å². The van der Waals surface area contributed by atoms with Gasteiger partial charge in [0.2, 0.25) is 17.7 Å². The zero-order chi connectivity index (χ0) is 18.5. The van der Waals surface area contributed by atoms with Crippen molar-refractivity contribution in [2.24, 2.45) is 11.8 Å². The number of carbonyl (C=O) groups is 3. The van der Waals surface area contributed by atoms with Gasteiger partial charge < -0.3 is 19.4 Å². The number of nitrogens with zero attached hydrogens (tertiary/aromatic N) is 3. The zero-order valence-electron chi connectivity index (χ0n) is 15.8. The van der Waals surface area contributed by atoms with Crippen LogP contribution in [-0.4, -0.2) is 84.9 Å². The smallest absolute Gasteiger partial charge is 0.226 e. The lowest BCUT2D eigenvalue weighted by Crippen LogP contribution is -2.48. The molecule has 7 heteroatoms. The van der Waals surface area contributed by atoms with Crippen LogP contribution in [0.2, 0.25) is 0 Å². The highest BCUT2D eigenvalue weighted by atomic mass is 16.5. The van der Waals surface area contributed by atoms with E-state index in [4.69, 9.17) is 4.74 Å². The normalized spacial score (nSPS) is 25.5. The van der Waals surface area contributed by atoms with Crippen molar-refractivity contribution in [1.29, 1.82) is 0 Å². The largest absolute Gasteiger partial charge is 0.378 e. The highest BCUT2D eigenvalue weighted by Gasteiger charge is 2.33. The summed E-state index contributed by atoms with van der Waals surface area (Å²) in [5.41, 5.74) is 0. The van der Waals surface area contributed by atoms with E-state index in [2.05, 4.69) is 0 Å². The summed E-state index contributed by atoms with van der Waals surface area (Å²) in [5, 5.41) is 0. The Morgan fingerprint density at radius 2 is 1.69 bits per heavy atom.